The molecule has 0 saturated heterocycles. The predicted octanol–water partition coefficient (Wildman–Crippen LogP) is 0.311. The minimum absolute atomic E-state index is 0. The largest absolute Gasteiger partial charge is 1.00 e. The van der Waals surface area contributed by atoms with Crippen molar-refractivity contribution in [3.63, 3.8) is 0 Å². The van der Waals surface area contributed by atoms with Crippen LogP contribution in [0.2, 0.25) is 0 Å². The van der Waals surface area contributed by atoms with E-state index in [1.54, 1.807) is 0 Å². The summed E-state index contributed by atoms with van der Waals surface area (Å²) in [4.78, 5) is 0. The predicted molar refractivity (Wildman–Crippen MR) is 55.2 cm³/mol. The van der Waals surface area contributed by atoms with Crippen molar-refractivity contribution < 1.29 is 69.1 Å². The molecule has 0 atom stereocenters. The van der Waals surface area contributed by atoms with Gasteiger partial charge in [-0.1, -0.05) is 30.3 Å². The monoisotopic (exact) mass is 256 g/mol. The average molecular weight is 256 g/mol. The van der Waals surface area contributed by atoms with Gasteiger partial charge in [0.15, 0.2) is 0 Å². The van der Waals surface area contributed by atoms with E-state index in [1.807, 2.05) is 18.2 Å². The Hall–Kier alpha value is 0.671. The molecular weight excluding hydrogens is 243 g/mol. The third-order valence-electron chi connectivity index (χ3n) is 1.40. The van der Waals surface area contributed by atoms with Gasteiger partial charge < -0.3 is 11.7 Å². The van der Waals surface area contributed by atoms with E-state index >= 15 is 0 Å². The minimum Gasteiger partial charge on any atom is -0.379 e. The van der Waals surface area contributed by atoms with Crippen molar-refractivity contribution in [1.29, 1.82) is 0 Å². The Morgan fingerprint density at radius 1 is 1.12 bits per heavy atom. The Morgan fingerprint density at radius 3 is 2.06 bits per heavy atom. The second-order valence-corrected chi connectivity index (χ2v) is 2.64. The van der Waals surface area contributed by atoms with Gasteiger partial charge in [-0.15, -0.1) is 0 Å². The van der Waals surface area contributed by atoms with Crippen LogP contribution >= 0.6 is 0 Å². The zero-order valence-corrected chi connectivity index (χ0v) is 12.5. The molecule has 0 spiro atoms. The molecule has 16 heavy (non-hydrogen) atoms. The molecular formula is C10H13BF3KO. The Labute approximate surface area is 137 Å². The third-order valence-corrected chi connectivity index (χ3v) is 1.40. The molecule has 1 aromatic carbocycles. The Bertz CT molecular complexity index is 234. The molecule has 0 bridgehead atoms. The van der Waals surface area contributed by atoms with Gasteiger partial charge in [0.25, 0.3) is 0 Å². The Kier molecular flexibility index (Phi) is 16.3. The van der Waals surface area contributed by atoms with Gasteiger partial charge in [0.05, 0.1) is 6.61 Å². The molecule has 1 nitrogen and oxygen atoms in total. The second-order valence-electron chi connectivity index (χ2n) is 2.64. The van der Waals surface area contributed by atoms with E-state index in [9.17, 15) is 12.9 Å². The van der Waals surface area contributed by atoms with Crippen LogP contribution in [0.15, 0.2) is 30.3 Å². The molecule has 0 saturated carbocycles. The number of hydrogen-bond donors (Lipinski definition) is 0. The molecule has 0 aliphatic rings. The smallest absolute Gasteiger partial charge is 0.379 e. The van der Waals surface area contributed by atoms with Crippen LogP contribution in [0.25, 0.3) is 0 Å². The van der Waals surface area contributed by atoms with Gasteiger partial charge in [-0.05, 0) is 5.56 Å². The molecule has 0 amide bonds. The number of halogens is 3. The van der Waals surface area contributed by atoms with Crippen molar-refractivity contribution in [2.75, 3.05) is 6.61 Å². The van der Waals surface area contributed by atoms with Crippen LogP contribution in [0.5, 0.6) is 0 Å². The van der Waals surface area contributed by atoms with Crippen molar-refractivity contribution in [3.8, 4) is 0 Å². The SMILES string of the molecule is FB(F)F.[CH2-]CCOCc1ccccc1.[K+]. The van der Waals surface area contributed by atoms with Gasteiger partial charge >= 0.3 is 58.9 Å². The standard InChI is InChI=1S/C10H13O.BF3.K/c1-2-8-11-9-10-6-4-3-5-7-10;2-1(3)4;/h3-7H,1-2,8-9H2;;/q-1;;+1. The molecule has 0 aliphatic heterocycles. The van der Waals surface area contributed by atoms with Crippen molar-refractivity contribution in [1.82, 2.24) is 0 Å². The molecule has 84 valence electrons. The van der Waals surface area contributed by atoms with Crippen molar-refractivity contribution in [3.05, 3.63) is 42.8 Å². The van der Waals surface area contributed by atoms with Crippen LogP contribution in [0.3, 0.4) is 0 Å². The first kappa shape index (κ1) is 19.0. The van der Waals surface area contributed by atoms with E-state index in [0.717, 1.165) is 13.0 Å². The maximum Gasteiger partial charge on any atom is 1.00 e. The quantitative estimate of drug-likeness (QED) is 0.428. The van der Waals surface area contributed by atoms with E-state index in [-0.39, 0.29) is 51.4 Å². The zero-order chi connectivity index (χ0) is 11.5. The van der Waals surface area contributed by atoms with E-state index in [1.165, 1.54) is 5.56 Å². The van der Waals surface area contributed by atoms with E-state index in [4.69, 9.17) is 4.74 Å². The van der Waals surface area contributed by atoms with Crippen LogP contribution in [-0.4, -0.2) is 14.2 Å². The summed E-state index contributed by atoms with van der Waals surface area (Å²) < 4.78 is 34.3. The summed E-state index contributed by atoms with van der Waals surface area (Å²) >= 11 is 0. The van der Waals surface area contributed by atoms with Crippen LogP contribution in [0, 0.1) is 6.92 Å². The second kappa shape index (κ2) is 13.7. The van der Waals surface area contributed by atoms with Crippen molar-refractivity contribution >= 4 is 7.54 Å². The van der Waals surface area contributed by atoms with Crippen LogP contribution < -0.4 is 51.4 Å². The fraction of sp³-hybridized carbons (Fsp3) is 0.300. The molecule has 1 aromatic rings. The van der Waals surface area contributed by atoms with Crippen LogP contribution in [-0.2, 0) is 11.3 Å². The normalized spacial score (nSPS) is 8.50. The Balaban J connectivity index is 0. The van der Waals surface area contributed by atoms with E-state index < -0.39 is 7.54 Å². The molecule has 0 aromatic heterocycles. The average Bonchev–Trinajstić information content (AvgIpc) is 2.19. The molecule has 0 aliphatic carbocycles. The number of hydrogen-bond acceptors (Lipinski definition) is 1. The topological polar surface area (TPSA) is 9.23 Å². The van der Waals surface area contributed by atoms with Crippen LogP contribution in [0.4, 0.5) is 12.9 Å². The van der Waals surface area contributed by atoms with Gasteiger partial charge in [0, 0.05) is 6.61 Å². The maximum atomic E-state index is 9.67. The number of benzene rings is 1. The first-order valence-corrected chi connectivity index (χ1v) is 4.50. The first-order valence-electron chi connectivity index (χ1n) is 4.50. The molecule has 1 rings (SSSR count). The first-order chi connectivity index (χ1) is 7.16. The van der Waals surface area contributed by atoms with E-state index in [2.05, 4.69) is 19.1 Å². The van der Waals surface area contributed by atoms with Crippen LogP contribution in [0.1, 0.15) is 12.0 Å². The van der Waals surface area contributed by atoms with Crippen molar-refractivity contribution in [2.24, 2.45) is 0 Å². The van der Waals surface area contributed by atoms with Gasteiger partial charge in [0.2, 0.25) is 0 Å². The molecule has 0 radical (unpaired) electrons. The van der Waals surface area contributed by atoms with E-state index in [0.29, 0.717) is 6.61 Å². The number of ether oxygens (including phenoxy) is 1. The fourth-order valence-electron chi connectivity index (χ4n) is 0.866. The number of rotatable bonds is 4. The van der Waals surface area contributed by atoms with Gasteiger partial charge in [-0.2, -0.15) is 6.42 Å². The van der Waals surface area contributed by atoms with Gasteiger partial charge in [0.1, 0.15) is 0 Å². The summed E-state index contributed by atoms with van der Waals surface area (Å²) in [6, 6.07) is 10.2. The minimum atomic E-state index is -3.67. The summed E-state index contributed by atoms with van der Waals surface area (Å²) in [7, 11) is -3.67. The summed E-state index contributed by atoms with van der Waals surface area (Å²) in [5.74, 6) is 0. The zero-order valence-electron chi connectivity index (χ0n) is 9.33. The molecule has 6 heteroatoms. The maximum absolute atomic E-state index is 9.67. The molecule has 0 N–H and O–H groups in total. The molecule has 0 fully saturated rings. The fourth-order valence-corrected chi connectivity index (χ4v) is 0.866. The van der Waals surface area contributed by atoms with Gasteiger partial charge in [-0.25, -0.2) is 0 Å². The molecule has 0 heterocycles. The summed E-state index contributed by atoms with van der Waals surface area (Å²) in [5, 5.41) is 0. The summed E-state index contributed by atoms with van der Waals surface area (Å²) in [6.45, 7) is 5.14. The van der Waals surface area contributed by atoms with Crippen molar-refractivity contribution in [2.45, 2.75) is 13.0 Å². The summed E-state index contributed by atoms with van der Waals surface area (Å²) in [6.07, 6.45) is 0.840. The third kappa shape index (κ3) is 14.7. The summed E-state index contributed by atoms with van der Waals surface area (Å²) in [5.41, 5.74) is 1.22. The Morgan fingerprint density at radius 2 is 1.62 bits per heavy atom. The van der Waals surface area contributed by atoms with Gasteiger partial charge in [-0.3, -0.25) is 12.9 Å². The molecule has 0 unspecified atom stereocenters.